The SMILES string of the molecule is Cc1ccccc1C(=O)NC(CC(C)C)C(=O)NCCN(C)c1ccccc1. The summed E-state index contributed by atoms with van der Waals surface area (Å²) in [6, 6.07) is 16.9. The van der Waals surface area contributed by atoms with Crippen molar-refractivity contribution in [3.05, 3.63) is 65.7 Å². The monoisotopic (exact) mass is 381 g/mol. The highest BCUT2D eigenvalue weighted by Gasteiger charge is 2.22. The van der Waals surface area contributed by atoms with E-state index in [-0.39, 0.29) is 11.8 Å². The van der Waals surface area contributed by atoms with Gasteiger partial charge in [-0.3, -0.25) is 9.59 Å². The molecule has 5 heteroatoms. The van der Waals surface area contributed by atoms with Gasteiger partial charge in [0.25, 0.3) is 5.91 Å². The van der Waals surface area contributed by atoms with Gasteiger partial charge in [0.1, 0.15) is 6.04 Å². The van der Waals surface area contributed by atoms with Gasteiger partial charge in [-0.2, -0.15) is 0 Å². The summed E-state index contributed by atoms with van der Waals surface area (Å²) in [7, 11) is 1.99. The number of hydrogen-bond donors (Lipinski definition) is 2. The van der Waals surface area contributed by atoms with Gasteiger partial charge in [-0.1, -0.05) is 50.2 Å². The van der Waals surface area contributed by atoms with Crippen LogP contribution in [0.4, 0.5) is 5.69 Å². The second-order valence-corrected chi connectivity index (χ2v) is 7.52. The van der Waals surface area contributed by atoms with E-state index >= 15 is 0 Å². The van der Waals surface area contributed by atoms with Gasteiger partial charge in [0, 0.05) is 31.4 Å². The molecule has 0 heterocycles. The first-order valence-electron chi connectivity index (χ1n) is 9.79. The van der Waals surface area contributed by atoms with Gasteiger partial charge < -0.3 is 15.5 Å². The number of carbonyl (C=O) groups is 2. The molecule has 2 amide bonds. The van der Waals surface area contributed by atoms with E-state index < -0.39 is 6.04 Å². The smallest absolute Gasteiger partial charge is 0.252 e. The van der Waals surface area contributed by atoms with E-state index in [9.17, 15) is 9.59 Å². The van der Waals surface area contributed by atoms with Crippen molar-refractivity contribution in [1.29, 1.82) is 0 Å². The largest absolute Gasteiger partial charge is 0.373 e. The second kappa shape index (κ2) is 10.5. The topological polar surface area (TPSA) is 61.4 Å². The molecule has 0 radical (unpaired) electrons. The maximum atomic E-state index is 12.7. The van der Waals surface area contributed by atoms with Crippen molar-refractivity contribution in [3.63, 3.8) is 0 Å². The zero-order chi connectivity index (χ0) is 20.5. The van der Waals surface area contributed by atoms with Gasteiger partial charge in [0.2, 0.25) is 5.91 Å². The number of carbonyl (C=O) groups excluding carboxylic acids is 2. The molecular weight excluding hydrogens is 350 g/mol. The highest BCUT2D eigenvalue weighted by Crippen LogP contribution is 2.11. The molecule has 0 aliphatic heterocycles. The molecule has 2 rings (SSSR count). The molecule has 28 heavy (non-hydrogen) atoms. The number of benzene rings is 2. The first kappa shape index (κ1) is 21.5. The Hall–Kier alpha value is -2.82. The molecule has 0 saturated heterocycles. The summed E-state index contributed by atoms with van der Waals surface area (Å²) >= 11 is 0. The number of anilines is 1. The van der Waals surface area contributed by atoms with E-state index in [2.05, 4.69) is 15.5 Å². The summed E-state index contributed by atoms with van der Waals surface area (Å²) in [4.78, 5) is 27.4. The van der Waals surface area contributed by atoms with Gasteiger partial charge in [-0.05, 0) is 43.0 Å². The number of hydrogen-bond acceptors (Lipinski definition) is 3. The minimum absolute atomic E-state index is 0.142. The third kappa shape index (κ3) is 6.41. The molecule has 1 atom stereocenters. The van der Waals surface area contributed by atoms with Crippen molar-refractivity contribution in [3.8, 4) is 0 Å². The molecule has 2 N–H and O–H groups in total. The zero-order valence-electron chi connectivity index (χ0n) is 17.2. The Balaban J connectivity index is 1.93. The summed E-state index contributed by atoms with van der Waals surface area (Å²) in [6.45, 7) is 7.19. The number of likely N-dealkylation sites (N-methyl/N-ethyl adjacent to an activating group) is 1. The van der Waals surface area contributed by atoms with Crippen molar-refractivity contribution in [2.24, 2.45) is 5.92 Å². The maximum Gasteiger partial charge on any atom is 0.252 e. The third-order valence-electron chi connectivity index (χ3n) is 4.66. The van der Waals surface area contributed by atoms with Gasteiger partial charge in [0.05, 0.1) is 0 Å². The first-order chi connectivity index (χ1) is 13.4. The number of nitrogens with one attached hydrogen (secondary N) is 2. The molecular formula is C23H31N3O2. The summed E-state index contributed by atoms with van der Waals surface area (Å²) in [5, 5.41) is 5.88. The fourth-order valence-corrected chi connectivity index (χ4v) is 3.05. The standard InChI is InChI=1S/C23H31N3O2/c1-17(2)16-21(25-22(27)20-13-9-8-10-18(20)3)23(28)24-14-15-26(4)19-11-6-5-7-12-19/h5-13,17,21H,14-16H2,1-4H3,(H,24,28)(H,25,27). The Morgan fingerprint density at radius 2 is 1.64 bits per heavy atom. The molecule has 0 aromatic heterocycles. The van der Waals surface area contributed by atoms with Crippen molar-refractivity contribution >= 4 is 17.5 Å². The lowest BCUT2D eigenvalue weighted by molar-refractivity contribution is -0.123. The average Bonchev–Trinajstić information content (AvgIpc) is 2.67. The highest BCUT2D eigenvalue weighted by atomic mass is 16.2. The van der Waals surface area contributed by atoms with Crippen molar-refractivity contribution in [2.75, 3.05) is 25.0 Å². The number of rotatable bonds is 9. The van der Waals surface area contributed by atoms with E-state index in [1.165, 1.54) is 0 Å². The van der Waals surface area contributed by atoms with Gasteiger partial charge in [-0.15, -0.1) is 0 Å². The van der Waals surface area contributed by atoms with Gasteiger partial charge >= 0.3 is 0 Å². The van der Waals surface area contributed by atoms with Crippen molar-refractivity contribution in [2.45, 2.75) is 33.2 Å². The molecule has 150 valence electrons. The van der Waals surface area contributed by atoms with E-state index in [4.69, 9.17) is 0 Å². The molecule has 5 nitrogen and oxygen atoms in total. The van der Waals surface area contributed by atoms with Crippen LogP contribution in [0.5, 0.6) is 0 Å². The van der Waals surface area contributed by atoms with Crippen LogP contribution < -0.4 is 15.5 Å². The van der Waals surface area contributed by atoms with Crippen LogP contribution in [0.2, 0.25) is 0 Å². The Morgan fingerprint density at radius 1 is 1.00 bits per heavy atom. The number of nitrogens with zero attached hydrogens (tertiary/aromatic N) is 1. The average molecular weight is 382 g/mol. The Bertz CT molecular complexity index is 774. The van der Waals surface area contributed by atoms with Crippen molar-refractivity contribution < 1.29 is 9.59 Å². The summed E-state index contributed by atoms with van der Waals surface area (Å²) in [5.41, 5.74) is 2.60. The number of amides is 2. The molecule has 0 fully saturated rings. The van der Waals surface area contributed by atoms with Crippen LogP contribution in [0.15, 0.2) is 54.6 Å². The fraction of sp³-hybridized carbons (Fsp3) is 0.391. The van der Waals surface area contributed by atoms with Crippen LogP contribution in [0, 0.1) is 12.8 Å². The summed E-state index contributed by atoms with van der Waals surface area (Å²) in [6.07, 6.45) is 0.595. The quantitative estimate of drug-likeness (QED) is 0.700. The van der Waals surface area contributed by atoms with Crippen molar-refractivity contribution in [1.82, 2.24) is 10.6 Å². The molecule has 0 spiro atoms. The molecule has 1 unspecified atom stereocenters. The minimum atomic E-state index is -0.547. The lowest BCUT2D eigenvalue weighted by atomic mass is 10.0. The number of para-hydroxylation sites is 1. The minimum Gasteiger partial charge on any atom is -0.373 e. The van der Waals surface area contributed by atoms with Crippen LogP contribution in [-0.2, 0) is 4.79 Å². The molecule has 2 aromatic carbocycles. The van der Waals surface area contributed by atoms with Gasteiger partial charge in [-0.25, -0.2) is 0 Å². The van der Waals surface area contributed by atoms with E-state index in [1.54, 1.807) is 6.07 Å². The lowest BCUT2D eigenvalue weighted by Gasteiger charge is -2.23. The highest BCUT2D eigenvalue weighted by molar-refractivity contribution is 5.98. The predicted octanol–water partition coefficient (Wildman–Crippen LogP) is 3.39. The van der Waals surface area contributed by atoms with Crippen LogP contribution in [-0.4, -0.2) is 38.0 Å². The molecule has 0 bridgehead atoms. The number of aryl methyl sites for hydroxylation is 1. The normalized spacial score (nSPS) is 11.8. The third-order valence-corrected chi connectivity index (χ3v) is 4.66. The van der Waals surface area contributed by atoms with Crippen LogP contribution in [0.3, 0.4) is 0 Å². The molecule has 2 aromatic rings. The molecule has 0 aliphatic rings. The Morgan fingerprint density at radius 3 is 2.29 bits per heavy atom. The van der Waals surface area contributed by atoms with E-state index in [1.807, 2.05) is 76.3 Å². The van der Waals surface area contributed by atoms with E-state index in [0.717, 1.165) is 11.3 Å². The molecule has 0 aliphatic carbocycles. The predicted molar refractivity (Wildman–Crippen MR) is 115 cm³/mol. The zero-order valence-corrected chi connectivity index (χ0v) is 17.2. The van der Waals surface area contributed by atoms with Crippen LogP contribution in [0.1, 0.15) is 36.2 Å². The van der Waals surface area contributed by atoms with Gasteiger partial charge in [0.15, 0.2) is 0 Å². The van der Waals surface area contributed by atoms with E-state index in [0.29, 0.717) is 31.0 Å². The molecule has 0 saturated carbocycles. The first-order valence-corrected chi connectivity index (χ1v) is 9.79. The van der Waals surface area contributed by atoms with Crippen LogP contribution >= 0.6 is 0 Å². The Kier molecular flexibility index (Phi) is 8.05. The van der Waals surface area contributed by atoms with Crippen LogP contribution in [0.25, 0.3) is 0 Å². The second-order valence-electron chi connectivity index (χ2n) is 7.52. The lowest BCUT2D eigenvalue weighted by Crippen LogP contribution is -2.48. The summed E-state index contributed by atoms with van der Waals surface area (Å²) in [5.74, 6) is -0.0580. The Labute approximate surface area is 168 Å². The fourth-order valence-electron chi connectivity index (χ4n) is 3.05. The maximum absolute atomic E-state index is 12.7. The summed E-state index contributed by atoms with van der Waals surface area (Å²) < 4.78 is 0.